The molecule has 1 aliphatic heterocycles. The van der Waals surface area contributed by atoms with Crippen molar-refractivity contribution in [2.45, 2.75) is 12.8 Å². The fourth-order valence-corrected chi connectivity index (χ4v) is 2.29. The molecule has 1 saturated heterocycles. The van der Waals surface area contributed by atoms with Crippen molar-refractivity contribution in [3.8, 4) is 0 Å². The van der Waals surface area contributed by atoms with Crippen LogP contribution in [0.25, 0.3) is 0 Å². The number of rotatable bonds is 4. The molecule has 1 aromatic carbocycles. The van der Waals surface area contributed by atoms with Crippen molar-refractivity contribution >= 4 is 23.2 Å². The Kier molecular flexibility index (Phi) is 4.45. The van der Waals surface area contributed by atoms with Crippen LogP contribution in [0.4, 0.5) is 11.4 Å². The maximum Gasteiger partial charge on any atom is 0.253 e. The van der Waals surface area contributed by atoms with Crippen LogP contribution in [0.2, 0.25) is 0 Å². The summed E-state index contributed by atoms with van der Waals surface area (Å²) in [5.74, 6) is -0.158. The highest BCUT2D eigenvalue weighted by Gasteiger charge is 2.18. The highest BCUT2D eigenvalue weighted by Crippen LogP contribution is 2.19. The lowest BCUT2D eigenvalue weighted by Crippen LogP contribution is -2.33. The Hall–Kier alpha value is -2.24. The zero-order chi connectivity index (χ0) is 14.5. The van der Waals surface area contributed by atoms with Gasteiger partial charge in [0.2, 0.25) is 5.91 Å². The summed E-state index contributed by atoms with van der Waals surface area (Å²) in [6.07, 6.45) is 2.13. The van der Waals surface area contributed by atoms with Crippen molar-refractivity contribution in [2.24, 2.45) is 0 Å². The molecule has 1 fully saturated rings. The SMILES string of the molecule is CNC(=O)c1ccc(N)cc1NCC(=O)N1CCCC1. The Morgan fingerprint density at radius 3 is 2.65 bits per heavy atom. The van der Waals surface area contributed by atoms with E-state index in [9.17, 15) is 9.59 Å². The minimum Gasteiger partial charge on any atom is -0.399 e. The van der Waals surface area contributed by atoms with Gasteiger partial charge in [0, 0.05) is 31.5 Å². The van der Waals surface area contributed by atoms with E-state index >= 15 is 0 Å². The predicted octanol–water partition coefficient (Wildman–Crippen LogP) is 0.663. The van der Waals surface area contributed by atoms with Gasteiger partial charge in [-0.05, 0) is 31.0 Å². The minimum absolute atomic E-state index is 0.0489. The molecule has 0 atom stereocenters. The van der Waals surface area contributed by atoms with Crippen molar-refractivity contribution in [3.63, 3.8) is 0 Å². The highest BCUT2D eigenvalue weighted by atomic mass is 16.2. The van der Waals surface area contributed by atoms with E-state index in [0.717, 1.165) is 25.9 Å². The van der Waals surface area contributed by atoms with Gasteiger partial charge in [0.1, 0.15) is 0 Å². The van der Waals surface area contributed by atoms with E-state index in [-0.39, 0.29) is 18.4 Å². The van der Waals surface area contributed by atoms with Crippen LogP contribution in [0.1, 0.15) is 23.2 Å². The number of benzene rings is 1. The fourth-order valence-electron chi connectivity index (χ4n) is 2.29. The summed E-state index contributed by atoms with van der Waals surface area (Å²) in [5.41, 5.74) is 7.34. The number of amides is 2. The number of nitrogens with zero attached hydrogens (tertiary/aromatic N) is 1. The molecule has 2 rings (SSSR count). The molecule has 0 radical (unpaired) electrons. The first kappa shape index (κ1) is 14.2. The summed E-state index contributed by atoms with van der Waals surface area (Å²) < 4.78 is 0. The normalized spacial score (nSPS) is 14.2. The molecule has 0 unspecified atom stereocenters. The van der Waals surface area contributed by atoms with E-state index in [2.05, 4.69) is 10.6 Å². The molecule has 4 N–H and O–H groups in total. The van der Waals surface area contributed by atoms with E-state index < -0.39 is 0 Å². The second-order valence-corrected chi connectivity index (χ2v) is 4.83. The molecule has 0 aromatic heterocycles. The lowest BCUT2D eigenvalue weighted by atomic mass is 10.1. The largest absolute Gasteiger partial charge is 0.399 e. The average molecular weight is 276 g/mol. The van der Waals surface area contributed by atoms with Crippen LogP contribution in [-0.2, 0) is 4.79 Å². The van der Waals surface area contributed by atoms with E-state index in [1.54, 1.807) is 25.2 Å². The molecular formula is C14H20N4O2. The molecule has 0 spiro atoms. The molecule has 108 valence electrons. The number of anilines is 2. The summed E-state index contributed by atoms with van der Waals surface area (Å²) in [7, 11) is 1.57. The first-order valence-electron chi connectivity index (χ1n) is 6.75. The topological polar surface area (TPSA) is 87.5 Å². The van der Waals surface area contributed by atoms with Gasteiger partial charge >= 0.3 is 0 Å². The Morgan fingerprint density at radius 1 is 1.30 bits per heavy atom. The van der Waals surface area contributed by atoms with Crippen LogP contribution in [0.5, 0.6) is 0 Å². The third kappa shape index (κ3) is 3.20. The van der Waals surface area contributed by atoms with Crippen LogP contribution < -0.4 is 16.4 Å². The number of nitrogens with two attached hydrogens (primary N) is 1. The predicted molar refractivity (Wildman–Crippen MR) is 78.5 cm³/mol. The van der Waals surface area contributed by atoms with E-state index in [4.69, 9.17) is 5.73 Å². The lowest BCUT2D eigenvalue weighted by Gasteiger charge is -2.17. The number of nitrogen functional groups attached to an aromatic ring is 1. The molecule has 6 nitrogen and oxygen atoms in total. The molecule has 20 heavy (non-hydrogen) atoms. The summed E-state index contributed by atoms with van der Waals surface area (Å²) in [4.78, 5) is 25.6. The fraction of sp³-hybridized carbons (Fsp3) is 0.429. The van der Waals surface area contributed by atoms with E-state index in [1.165, 1.54) is 0 Å². The van der Waals surface area contributed by atoms with Crippen LogP contribution in [0.15, 0.2) is 18.2 Å². The molecule has 0 saturated carbocycles. The van der Waals surface area contributed by atoms with Gasteiger partial charge in [0.05, 0.1) is 12.1 Å². The van der Waals surface area contributed by atoms with Crippen molar-refractivity contribution < 1.29 is 9.59 Å². The van der Waals surface area contributed by atoms with Gasteiger partial charge < -0.3 is 21.3 Å². The third-order valence-corrected chi connectivity index (χ3v) is 3.40. The third-order valence-electron chi connectivity index (χ3n) is 3.40. The number of nitrogens with one attached hydrogen (secondary N) is 2. The Bertz CT molecular complexity index is 510. The summed E-state index contributed by atoms with van der Waals surface area (Å²) in [6, 6.07) is 4.98. The Balaban J connectivity index is 2.05. The maximum absolute atomic E-state index is 12.0. The average Bonchev–Trinajstić information content (AvgIpc) is 2.98. The first-order valence-corrected chi connectivity index (χ1v) is 6.75. The van der Waals surface area contributed by atoms with Crippen LogP contribution in [0.3, 0.4) is 0 Å². The minimum atomic E-state index is -0.207. The van der Waals surface area contributed by atoms with Crippen LogP contribution in [-0.4, -0.2) is 43.4 Å². The van der Waals surface area contributed by atoms with Gasteiger partial charge in [-0.2, -0.15) is 0 Å². The highest BCUT2D eigenvalue weighted by molar-refractivity contribution is 6.00. The summed E-state index contributed by atoms with van der Waals surface area (Å²) in [6.45, 7) is 1.81. The molecule has 0 aliphatic carbocycles. The zero-order valence-corrected chi connectivity index (χ0v) is 11.6. The molecular weight excluding hydrogens is 256 g/mol. The lowest BCUT2D eigenvalue weighted by molar-refractivity contribution is -0.128. The second kappa shape index (κ2) is 6.27. The maximum atomic E-state index is 12.0. The van der Waals surface area contributed by atoms with E-state index in [0.29, 0.717) is 16.9 Å². The van der Waals surface area contributed by atoms with Gasteiger partial charge in [0.25, 0.3) is 5.91 Å². The van der Waals surface area contributed by atoms with Gasteiger partial charge in [-0.25, -0.2) is 0 Å². The first-order chi connectivity index (χ1) is 9.61. The summed E-state index contributed by atoms with van der Waals surface area (Å²) >= 11 is 0. The quantitative estimate of drug-likeness (QED) is 0.705. The van der Waals surface area contributed by atoms with Crippen LogP contribution in [0, 0.1) is 0 Å². The number of likely N-dealkylation sites (tertiary alicyclic amines) is 1. The molecule has 1 aromatic rings. The van der Waals surface area contributed by atoms with Crippen molar-refractivity contribution in [2.75, 3.05) is 37.7 Å². The van der Waals surface area contributed by atoms with Gasteiger partial charge in [0.15, 0.2) is 0 Å². The molecule has 1 heterocycles. The number of carbonyl (C=O) groups is 2. The van der Waals surface area contributed by atoms with Gasteiger partial charge in [-0.15, -0.1) is 0 Å². The zero-order valence-electron chi connectivity index (χ0n) is 11.6. The van der Waals surface area contributed by atoms with Gasteiger partial charge in [-0.1, -0.05) is 0 Å². The summed E-state index contributed by atoms with van der Waals surface area (Å²) in [5, 5.41) is 5.58. The van der Waals surface area contributed by atoms with Crippen molar-refractivity contribution in [1.82, 2.24) is 10.2 Å². The second-order valence-electron chi connectivity index (χ2n) is 4.83. The number of hydrogen-bond acceptors (Lipinski definition) is 4. The van der Waals surface area contributed by atoms with Crippen LogP contribution >= 0.6 is 0 Å². The smallest absolute Gasteiger partial charge is 0.253 e. The number of hydrogen-bond donors (Lipinski definition) is 3. The van der Waals surface area contributed by atoms with Crippen molar-refractivity contribution in [3.05, 3.63) is 23.8 Å². The molecule has 2 amide bonds. The van der Waals surface area contributed by atoms with Crippen molar-refractivity contribution in [1.29, 1.82) is 0 Å². The molecule has 0 bridgehead atoms. The monoisotopic (exact) mass is 276 g/mol. The van der Waals surface area contributed by atoms with E-state index in [1.807, 2.05) is 4.90 Å². The van der Waals surface area contributed by atoms with Gasteiger partial charge in [-0.3, -0.25) is 9.59 Å². The molecule has 1 aliphatic rings. The Labute approximate surface area is 118 Å². The standard InChI is InChI=1S/C14H20N4O2/c1-16-14(20)11-5-4-10(15)8-12(11)17-9-13(19)18-6-2-3-7-18/h4-5,8,17H,2-3,6-7,9,15H2,1H3,(H,16,20). The Morgan fingerprint density at radius 2 is 2.00 bits per heavy atom. The number of carbonyl (C=O) groups excluding carboxylic acids is 2. The molecule has 6 heteroatoms.